The van der Waals surface area contributed by atoms with Gasteiger partial charge in [-0.15, -0.1) is 0 Å². The topological polar surface area (TPSA) is 53.4 Å². The third kappa shape index (κ3) is 3.65. The van der Waals surface area contributed by atoms with E-state index in [9.17, 15) is 4.79 Å². The van der Waals surface area contributed by atoms with E-state index in [1.165, 1.54) is 25.9 Å². The Labute approximate surface area is 166 Å². The summed E-state index contributed by atoms with van der Waals surface area (Å²) in [5.41, 5.74) is 2.02. The van der Waals surface area contributed by atoms with E-state index in [0.29, 0.717) is 12.1 Å². The van der Waals surface area contributed by atoms with Crippen molar-refractivity contribution in [3.8, 4) is 11.3 Å². The number of benzene rings is 1. The van der Waals surface area contributed by atoms with Crippen LogP contribution in [0, 0.1) is 0 Å². The van der Waals surface area contributed by atoms with Gasteiger partial charge < -0.3 is 9.80 Å². The minimum absolute atomic E-state index is 0.0307. The van der Waals surface area contributed by atoms with Crippen molar-refractivity contribution in [2.45, 2.75) is 50.6 Å². The summed E-state index contributed by atoms with van der Waals surface area (Å²) in [5, 5.41) is 7.99. The van der Waals surface area contributed by atoms with Gasteiger partial charge in [0.25, 0.3) is 0 Å². The highest BCUT2D eigenvalue weighted by Gasteiger charge is 2.33. The number of likely N-dealkylation sites (tertiary alicyclic amines) is 2. The molecular formula is C22H29N5O. The molecule has 1 N–H and O–H groups in total. The first-order chi connectivity index (χ1) is 13.8. The van der Waals surface area contributed by atoms with Gasteiger partial charge in [0.2, 0.25) is 0 Å². The minimum Gasteiger partial charge on any atom is -0.320 e. The fourth-order valence-electron chi connectivity index (χ4n) is 4.57. The van der Waals surface area contributed by atoms with Crippen molar-refractivity contribution in [3.05, 3.63) is 36.4 Å². The molecule has 1 unspecified atom stereocenters. The smallest absolute Gasteiger partial charge is 0.320 e. The number of rotatable bonds is 5. The van der Waals surface area contributed by atoms with Gasteiger partial charge in [0.1, 0.15) is 5.82 Å². The molecule has 6 nitrogen and oxygen atoms in total. The lowest BCUT2D eigenvalue weighted by molar-refractivity contribution is 0.186. The molecule has 1 aromatic carbocycles. The summed E-state index contributed by atoms with van der Waals surface area (Å²) < 4.78 is 2.02. The van der Waals surface area contributed by atoms with Crippen LogP contribution in [0.5, 0.6) is 0 Å². The number of nitrogens with one attached hydrogen (secondary N) is 1. The molecule has 5 rings (SSSR count). The van der Waals surface area contributed by atoms with Crippen LogP contribution in [0.25, 0.3) is 11.3 Å². The standard InChI is InChI=1S/C22H29N5O/c28-22(26-14-6-9-19(26)16-25-12-4-5-13-25)23-21-15-20(17-7-2-1-3-8-17)24-27(21)18-10-11-18/h1-3,7-8,15,18-19H,4-6,9-14,16H2,(H,23,28). The first-order valence-corrected chi connectivity index (χ1v) is 10.7. The summed E-state index contributed by atoms with van der Waals surface area (Å²) in [6, 6.07) is 13.0. The Kier molecular flexibility index (Phi) is 4.81. The molecule has 3 aliphatic rings. The molecule has 1 saturated carbocycles. The molecule has 2 saturated heterocycles. The molecule has 0 radical (unpaired) electrons. The third-order valence-corrected chi connectivity index (χ3v) is 6.24. The van der Waals surface area contributed by atoms with E-state index in [1.54, 1.807) is 0 Å². The lowest BCUT2D eigenvalue weighted by Crippen LogP contribution is -2.44. The normalized spacial score (nSPS) is 22.7. The Morgan fingerprint density at radius 3 is 2.57 bits per heavy atom. The van der Waals surface area contributed by atoms with Crippen molar-refractivity contribution in [1.29, 1.82) is 0 Å². The second kappa shape index (κ2) is 7.59. The monoisotopic (exact) mass is 379 g/mol. The van der Waals surface area contributed by atoms with Crippen LogP contribution in [0.3, 0.4) is 0 Å². The Balaban J connectivity index is 1.32. The van der Waals surface area contributed by atoms with Crippen molar-refractivity contribution < 1.29 is 4.79 Å². The Morgan fingerprint density at radius 2 is 1.82 bits per heavy atom. The molecular weight excluding hydrogens is 350 g/mol. The number of hydrogen-bond donors (Lipinski definition) is 1. The predicted molar refractivity (Wildman–Crippen MR) is 110 cm³/mol. The van der Waals surface area contributed by atoms with Crippen molar-refractivity contribution in [1.82, 2.24) is 19.6 Å². The number of urea groups is 1. The third-order valence-electron chi connectivity index (χ3n) is 6.24. The summed E-state index contributed by atoms with van der Waals surface area (Å²) in [6.07, 6.45) is 7.08. The van der Waals surface area contributed by atoms with Gasteiger partial charge in [-0.2, -0.15) is 5.10 Å². The molecule has 148 valence electrons. The van der Waals surface area contributed by atoms with Crippen LogP contribution in [0.2, 0.25) is 0 Å². The Bertz CT molecular complexity index is 823. The highest BCUT2D eigenvalue weighted by atomic mass is 16.2. The van der Waals surface area contributed by atoms with Crippen LogP contribution >= 0.6 is 0 Å². The average Bonchev–Trinajstić information content (AvgIpc) is 3.11. The van der Waals surface area contributed by atoms with E-state index in [0.717, 1.165) is 55.8 Å². The van der Waals surface area contributed by atoms with E-state index >= 15 is 0 Å². The van der Waals surface area contributed by atoms with Crippen LogP contribution in [0.15, 0.2) is 36.4 Å². The number of hydrogen-bond acceptors (Lipinski definition) is 3. The van der Waals surface area contributed by atoms with Crippen molar-refractivity contribution in [2.75, 3.05) is 31.5 Å². The van der Waals surface area contributed by atoms with Gasteiger partial charge in [0, 0.05) is 30.8 Å². The van der Waals surface area contributed by atoms with E-state index in [2.05, 4.69) is 22.3 Å². The van der Waals surface area contributed by atoms with Gasteiger partial charge in [-0.05, 0) is 51.6 Å². The number of anilines is 1. The number of nitrogens with zero attached hydrogens (tertiary/aromatic N) is 4. The first kappa shape index (κ1) is 17.7. The Hall–Kier alpha value is -2.34. The summed E-state index contributed by atoms with van der Waals surface area (Å²) in [4.78, 5) is 17.7. The quantitative estimate of drug-likeness (QED) is 0.855. The maximum atomic E-state index is 13.1. The van der Waals surface area contributed by atoms with Gasteiger partial charge >= 0.3 is 6.03 Å². The molecule has 1 aromatic heterocycles. The zero-order valence-electron chi connectivity index (χ0n) is 16.4. The lowest BCUT2D eigenvalue weighted by atomic mass is 10.2. The summed E-state index contributed by atoms with van der Waals surface area (Å²) in [5.74, 6) is 0.832. The van der Waals surface area contributed by atoms with Gasteiger partial charge in [0.05, 0.1) is 11.7 Å². The van der Waals surface area contributed by atoms with E-state index < -0.39 is 0 Å². The predicted octanol–water partition coefficient (Wildman–Crippen LogP) is 3.98. The van der Waals surface area contributed by atoms with Gasteiger partial charge in [0.15, 0.2) is 0 Å². The van der Waals surface area contributed by atoms with E-state index in [4.69, 9.17) is 5.10 Å². The summed E-state index contributed by atoms with van der Waals surface area (Å²) >= 11 is 0. The maximum Gasteiger partial charge on any atom is 0.323 e. The molecule has 28 heavy (non-hydrogen) atoms. The van der Waals surface area contributed by atoms with Crippen LogP contribution in [0.1, 0.15) is 44.6 Å². The highest BCUT2D eigenvalue weighted by Crippen LogP contribution is 2.38. The molecule has 6 heteroatoms. The molecule has 0 spiro atoms. The van der Waals surface area contributed by atoms with Gasteiger partial charge in [-0.1, -0.05) is 30.3 Å². The highest BCUT2D eigenvalue weighted by molar-refractivity contribution is 5.89. The summed E-state index contributed by atoms with van der Waals surface area (Å²) in [6.45, 7) is 4.24. The molecule has 0 bridgehead atoms. The largest absolute Gasteiger partial charge is 0.323 e. The molecule has 2 aliphatic heterocycles. The second-order valence-electron chi connectivity index (χ2n) is 8.38. The molecule has 3 heterocycles. The second-order valence-corrected chi connectivity index (χ2v) is 8.38. The zero-order chi connectivity index (χ0) is 18.9. The molecule has 1 aliphatic carbocycles. The lowest BCUT2D eigenvalue weighted by Gasteiger charge is -2.28. The van der Waals surface area contributed by atoms with E-state index in [-0.39, 0.29) is 6.03 Å². The first-order valence-electron chi connectivity index (χ1n) is 10.7. The molecule has 2 aromatic rings. The maximum absolute atomic E-state index is 13.1. The number of carbonyl (C=O) groups excluding carboxylic acids is 1. The van der Waals surface area contributed by atoms with Crippen LogP contribution < -0.4 is 5.32 Å². The van der Waals surface area contributed by atoms with Crippen molar-refractivity contribution >= 4 is 11.8 Å². The summed E-state index contributed by atoms with van der Waals surface area (Å²) in [7, 11) is 0. The van der Waals surface area contributed by atoms with Crippen molar-refractivity contribution in [3.63, 3.8) is 0 Å². The number of carbonyl (C=O) groups is 1. The average molecular weight is 380 g/mol. The van der Waals surface area contributed by atoms with Crippen LogP contribution in [-0.2, 0) is 0 Å². The molecule has 3 fully saturated rings. The SMILES string of the molecule is O=C(Nc1cc(-c2ccccc2)nn1C1CC1)N1CCCC1CN1CCCC1. The minimum atomic E-state index is 0.0307. The zero-order valence-corrected chi connectivity index (χ0v) is 16.4. The fourth-order valence-corrected chi connectivity index (χ4v) is 4.57. The number of aromatic nitrogens is 2. The van der Waals surface area contributed by atoms with Gasteiger partial charge in [-0.25, -0.2) is 9.48 Å². The molecule has 2 amide bonds. The van der Waals surface area contributed by atoms with E-state index in [1.807, 2.05) is 33.8 Å². The Morgan fingerprint density at radius 1 is 1.04 bits per heavy atom. The van der Waals surface area contributed by atoms with Crippen molar-refractivity contribution in [2.24, 2.45) is 0 Å². The van der Waals surface area contributed by atoms with Crippen LogP contribution in [0.4, 0.5) is 10.6 Å². The van der Waals surface area contributed by atoms with Gasteiger partial charge in [-0.3, -0.25) is 5.32 Å². The molecule has 1 atom stereocenters. The number of amides is 2. The van der Waals surface area contributed by atoms with Crippen LogP contribution in [-0.4, -0.2) is 57.8 Å². The fraction of sp³-hybridized carbons (Fsp3) is 0.545.